The number of hydrogen-bond acceptors (Lipinski definition) is 7. The number of nitrogens with zero attached hydrogens (tertiary/aromatic N) is 6. The third-order valence-electron chi connectivity index (χ3n) is 7.52. The minimum Gasteiger partial charge on any atom is -0.377 e. The van der Waals surface area contributed by atoms with Crippen molar-refractivity contribution in [3.8, 4) is 5.82 Å². The average Bonchev–Trinajstić information content (AvgIpc) is 3.54. The van der Waals surface area contributed by atoms with E-state index in [1.807, 2.05) is 4.90 Å². The summed E-state index contributed by atoms with van der Waals surface area (Å²) in [5.41, 5.74) is -0.686. The van der Waals surface area contributed by atoms with Gasteiger partial charge in [-0.2, -0.15) is 36.8 Å². The molecule has 0 aliphatic carbocycles. The molecule has 37 heavy (non-hydrogen) atoms. The monoisotopic (exact) mass is 527 g/mol. The summed E-state index contributed by atoms with van der Waals surface area (Å²) in [6, 6.07) is 3.01. The molecule has 200 valence electrons. The van der Waals surface area contributed by atoms with Gasteiger partial charge < -0.3 is 19.3 Å². The van der Waals surface area contributed by atoms with E-state index in [1.165, 1.54) is 12.3 Å². The fourth-order valence-corrected chi connectivity index (χ4v) is 5.93. The van der Waals surface area contributed by atoms with Crippen LogP contribution in [0.3, 0.4) is 0 Å². The normalized spacial score (nSPS) is 26.6. The molecule has 0 radical (unpaired) electrons. The summed E-state index contributed by atoms with van der Waals surface area (Å²) in [7, 11) is 0. The summed E-state index contributed by atoms with van der Waals surface area (Å²) in [6.45, 7) is 0.194. The first-order chi connectivity index (χ1) is 17.7. The summed E-state index contributed by atoms with van der Waals surface area (Å²) in [4.78, 5) is 8.71. The lowest BCUT2D eigenvalue weighted by Crippen LogP contribution is -2.47. The molecule has 0 spiro atoms. The van der Waals surface area contributed by atoms with Crippen molar-refractivity contribution in [2.24, 2.45) is 0 Å². The highest BCUT2D eigenvalue weighted by Gasteiger charge is 2.43. The van der Waals surface area contributed by atoms with Crippen molar-refractivity contribution in [1.82, 2.24) is 25.0 Å². The van der Waals surface area contributed by atoms with Crippen molar-refractivity contribution < 1.29 is 31.4 Å². The van der Waals surface area contributed by atoms with Gasteiger partial charge in [-0.25, -0.2) is 4.98 Å². The maximum atomic E-state index is 14.3. The van der Waals surface area contributed by atoms with Gasteiger partial charge in [0, 0.05) is 24.7 Å². The number of nitrogens with one attached hydrogen (secondary N) is 1. The first-order valence-corrected chi connectivity index (χ1v) is 12.3. The number of aromatic nitrogens is 5. The Kier molecular flexibility index (Phi) is 5.97. The molecule has 3 aliphatic heterocycles. The van der Waals surface area contributed by atoms with Gasteiger partial charge in [0.2, 0.25) is 0 Å². The van der Waals surface area contributed by atoms with Gasteiger partial charge in [0.05, 0.1) is 48.7 Å². The molecule has 3 fully saturated rings. The number of morpholine rings is 1. The van der Waals surface area contributed by atoms with Gasteiger partial charge in [-0.15, -0.1) is 0 Å². The fraction of sp³-hybridized carbons (Fsp3) is 0.609. The third kappa shape index (κ3) is 4.29. The number of H-pyrrole nitrogens is 1. The van der Waals surface area contributed by atoms with E-state index >= 15 is 0 Å². The molecule has 3 saturated heterocycles. The Morgan fingerprint density at radius 3 is 2.54 bits per heavy atom. The highest BCUT2D eigenvalue weighted by atomic mass is 19.4. The van der Waals surface area contributed by atoms with Crippen LogP contribution in [0.1, 0.15) is 38.3 Å². The second kappa shape index (κ2) is 9.08. The van der Waals surface area contributed by atoms with Crippen LogP contribution in [-0.2, 0) is 15.7 Å². The van der Waals surface area contributed by atoms with Gasteiger partial charge in [-0.05, 0) is 32.6 Å². The van der Waals surface area contributed by atoms with E-state index in [0.717, 1.165) is 17.5 Å². The molecule has 1 N–H and O–H groups in total. The standard InChI is InChI=1S/C23H26F5N7O2/c1-12-8-15(37-22(24)25)5-7-33(12)16-9-18(34-13-2-3-14(34)11-36-10-13)30-21-19(16)20(23(26,27)28)32-35(21)17-4-6-29-31-17/h4,6,9,12-15,22H,2-3,5,7-8,10-11H2,1H3,(H,29,31)/t12-,13?,14?,15?/m1/s1. The zero-order chi connectivity index (χ0) is 25.9. The minimum atomic E-state index is -4.75. The molecule has 3 aromatic rings. The molecule has 6 rings (SSSR count). The number of ether oxygens (including phenoxy) is 2. The molecule has 14 heteroatoms. The van der Waals surface area contributed by atoms with Gasteiger partial charge >= 0.3 is 12.8 Å². The predicted octanol–water partition coefficient (Wildman–Crippen LogP) is 4.13. The number of piperidine rings is 1. The summed E-state index contributed by atoms with van der Waals surface area (Å²) < 4.78 is 80.2. The van der Waals surface area contributed by atoms with Crippen molar-refractivity contribution in [1.29, 1.82) is 0 Å². The van der Waals surface area contributed by atoms with Crippen LogP contribution >= 0.6 is 0 Å². The predicted molar refractivity (Wildman–Crippen MR) is 123 cm³/mol. The second-order valence-electron chi connectivity index (χ2n) is 9.81. The zero-order valence-electron chi connectivity index (χ0n) is 20.0. The van der Waals surface area contributed by atoms with Crippen LogP contribution in [0.25, 0.3) is 16.9 Å². The Balaban J connectivity index is 1.53. The van der Waals surface area contributed by atoms with Crippen LogP contribution in [0.5, 0.6) is 0 Å². The number of alkyl halides is 5. The number of fused-ring (bicyclic) bond motifs is 3. The molecule has 3 unspecified atom stereocenters. The number of hydrogen-bond donors (Lipinski definition) is 1. The molecule has 0 aromatic carbocycles. The molecular weight excluding hydrogens is 501 g/mol. The lowest BCUT2D eigenvalue weighted by Gasteiger charge is -2.40. The van der Waals surface area contributed by atoms with Crippen molar-refractivity contribution in [2.45, 2.75) is 69.6 Å². The largest absolute Gasteiger partial charge is 0.435 e. The smallest absolute Gasteiger partial charge is 0.377 e. The topological polar surface area (TPSA) is 84.3 Å². The highest BCUT2D eigenvalue weighted by Crippen LogP contribution is 2.44. The third-order valence-corrected chi connectivity index (χ3v) is 7.52. The SMILES string of the molecule is C[C@@H]1CC(OC(F)F)CCN1c1cc(N2C3CCC2COC3)nc2c1c(C(F)(F)F)nn2-c1ccn[nH]1. The number of halogens is 5. The van der Waals surface area contributed by atoms with E-state index in [4.69, 9.17) is 14.5 Å². The molecule has 3 aliphatic rings. The van der Waals surface area contributed by atoms with Crippen LogP contribution in [0, 0.1) is 0 Å². The maximum absolute atomic E-state index is 14.3. The summed E-state index contributed by atoms with van der Waals surface area (Å²) >= 11 is 0. The molecule has 0 saturated carbocycles. The van der Waals surface area contributed by atoms with Crippen molar-refractivity contribution in [3.63, 3.8) is 0 Å². The van der Waals surface area contributed by atoms with Crippen LogP contribution in [0.2, 0.25) is 0 Å². The molecule has 0 amide bonds. The van der Waals surface area contributed by atoms with E-state index in [2.05, 4.69) is 20.2 Å². The van der Waals surface area contributed by atoms with Gasteiger partial charge in [0.15, 0.2) is 17.2 Å². The van der Waals surface area contributed by atoms with Crippen molar-refractivity contribution in [3.05, 3.63) is 24.0 Å². The van der Waals surface area contributed by atoms with Gasteiger partial charge in [0.1, 0.15) is 5.82 Å². The Morgan fingerprint density at radius 1 is 1.16 bits per heavy atom. The van der Waals surface area contributed by atoms with Crippen LogP contribution in [0.4, 0.5) is 33.5 Å². The Bertz CT molecular complexity index is 1250. The van der Waals surface area contributed by atoms with Crippen LogP contribution in [0.15, 0.2) is 18.3 Å². The molecule has 4 atom stereocenters. The van der Waals surface area contributed by atoms with Crippen LogP contribution < -0.4 is 9.80 Å². The van der Waals surface area contributed by atoms with Crippen molar-refractivity contribution >= 4 is 22.5 Å². The quantitative estimate of drug-likeness (QED) is 0.500. The summed E-state index contributed by atoms with van der Waals surface area (Å²) in [5.74, 6) is 0.795. The van der Waals surface area contributed by atoms with E-state index in [1.54, 1.807) is 13.0 Å². The Hall–Kier alpha value is -3.00. The highest BCUT2D eigenvalue weighted by molar-refractivity contribution is 5.95. The van der Waals surface area contributed by atoms with Crippen molar-refractivity contribution in [2.75, 3.05) is 29.6 Å². The molecular formula is C23H26F5N7O2. The van der Waals surface area contributed by atoms with Crippen LogP contribution in [-0.4, -0.2) is 75.6 Å². The average molecular weight is 527 g/mol. The molecule has 2 bridgehead atoms. The van der Waals surface area contributed by atoms with E-state index in [0.29, 0.717) is 24.7 Å². The van der Waals surface area contributed by atoms with E-state index in [-0.39, 0.29) is 54.4 Å². The lowest BCUT2D eigenvalue weighted by atomic mass is 9.99. The fourth-order valence-electron chi connectivity index (χ4n) is 5.93. The van der Waals surface area contributed by atoms with E-state index < -0.39 is 24.6 Å². The number of aromatic amines is 1. The number of anilines is 2. The number of rotatable bonds is 5. The zero-order valence-corrected chi connectivity index (χ0v) is 20.0. The van der Waals surface area contributed by atoms with Gasteiger partial charge in [-0.3, -0.25) is 5.10 Å². The first kappa shape index (κ1) is 24.3. The second-order valence-corrected chi connectivity index (χ2v) is 9.81. The molecule has 9 nitrogen and oxygen atoms in total. The Labute approximate surface area is 208 Å². The lowest BCUT2D eigenvalue weighted by molar-refractivity contribution is -0.168. The first-order valence-electron chi connectivity index (χ1n) is 12.3. The van der Waals surface area contributed by atoms with Gasteiger partial charge in [-0.1, -0.05) is 0 Å². The molecule has 3 aromatic heterocycles. The molecule has 6 heterocycles. The summed E-state index contributed by atoms with van der Waals surface area (Å²) in [5, 5.41) is 10.4. The van der Waals surface area contributed by atoms with Gasteiger partial charge in [0.25, 0.3) is 0 Å². The maximum Gasteiger partial charge on any atom is 0.435 e. The Morgan fingerprint density at radius 2 is 1.92 bits per heavy atom. The minimum absolute atomic E-state index is 0.0492. The number of pyridine rings is 1. The summed E-state index contributed by atoms with van der Waals surface area (Å²) in [6.07, 6.45) is -1.68. The van der Waals surface area contributed by atoms with E-state index in [9.17, 15) is 22.0 Å².